The normalized spacial score (nSPS) is 13.8. The van der Waals surface area contributed by atoms with E-state index >= 15 is 0 Å². The molecule has 0 bridgehead atoms. The summed E-state index contributed by atoms with van der Waals surface area (Å²) in [6, 6.07) is 16.6. The highest BCUT2D eigenvalue weighted by Crippen LogP contribution is 2.28. The van der Waals surface area contributed by atoms with Crippen LogP contribution in [0.2, 0.25) is 0 Å². The Morgan fingerprint density at radius 3 is 2.43 bits per heavy atom. The number of methoxy groups -OCH3 is 1. The van der Waals surface area contributed by atoms with Crippen LogP contribution in [0.15, 0.2) is 65.3 Å². The van der Waals surface area contributed by atoms with E-state index in [1.165, 1.54) is 6.26 Å². The van der Waals surface area contributed by atoms with E-state index in [4.69, 9.17) is 9.15 Å². The molecule has 1 aliphatic rings. The number of amides is 2. The fourth-order valence-electron chi connectivity index (χ4n) is 3.39. The molecule has 0 aliphatic carbocycles. The summed E-state index contributed by atoms with van der Waals surface area (Å²) in [6.45, 7) is 2.47. The van der Waals surface area contributed by atoms with Crippen LogP contribution in [0.3, 0.4) is 0 Å². The van der Waals surface area contributed by atoms with Crippen LogP contribution in [0.25, 0.3) is 0 Å². The molecule has 0 saturated carbocycles. The molecule has 8 heteroatoms. The van der Waals surface area contributed by atoms with E-state index < -0.39 is 0 Å². The topological polar surface area (TPSA) is 87.9 Å². The van der Waals surface area contributed by atoms with Gasteiger partial charge in [-0.1, -0.05) is 30.3 Å². The van der Waals surface area contributed by atoms with Crippen molar-refractivity contribution < 1.29 is 18.7 Å². The third-order valence-corrected chi connectivity index (χ3v) is 4.97. The van der Waals surface area contributed by atoms with Gasteiger partial charge in [0.2, 0.25) is 0 Å². The molecule has 1 aromatic heterocycles. The molecule has 2 aromatic carbocycles. The maximum absolute atomic E-state index is 12.8. The van der Waals surface area contributed by atoms with Crippen molar-refractivity contribution in [3.63, 3.8) is 0 Å². The molecule has 30 heavy (non-hydrogen) atoms. The fraction of sp³-hybridized carbons (Fsp3) is 0.227. The Morgan fingerprint density at radius 2 is 1.70 bits per heavy atom. The number of para-hydroxylation sites is 2. The quantitative estimate of drug-likeness (QED) is 0.701. The summed E-state index contributed by atoms with van der Waals surface area (Å²) < 4.78 is 10.7. The summed E-state index contributed by atoms with van der Waals surface area (Å²) in [4.78, 5) is 33.0. The van der Waals surface area contributed by atoms with Crippen LogP contribution in [0, 0.1) is 0 Å². The van der Waals surface area contributed by atoms with Crippen LogP contribution in [0.1, 0.15) is 20.8 Å². The van der Waals surface area contributed by atoms with Crippen molar-refractivity contribution in [3.05, 3.63) is 72.1 Å². The zero-order valence-electron chi connectivity index (χ0n) is 16.6. The lowest BCUT2D eigenvalue weighted by atomic mass is 10.2. The van der Waals surface area contributed by atoms with Crippen molar-refractivity contribution in [2.45, 2.75) is 0 Å². The van der Waals surface area contributed by atoms with Crippen LogP contribution < -0.4 is 15.0 Å². The second-order valence-corrected chi connectivity index (χ2v) is 6.81. The minimum atomic E-state index is -0.345. The average Bonchev–Trinajstić information content (AvgIpc) is 3.27. The van der Waals surface area contributed by atoms with Gasteiger partial charge in [0, 0.05) is 31.7 Å². The first kappa shape index (κ1) is 19.5. The van der Waals surface area contributed by atoms with Crippen molar-refractivity contribution in [2.75, 3.05) is 43.5 Å². The number of oxazole rings is 1. The van der Waals surface area contributed by atoms with E-state index in [-0.39, 0.29) is 23.5 Å². The Bertz CT molecular complexity index is 1030. The van der Waals surface area contributed by atoms with Gasteiger partial charge in [-0.2, -0.15) is 4.98 Å². The summed E-state index contributed by atoms with van der Waals surface area (Å²) >= 11 is 0. The monoisotopic (exact) mass is 406 g/mol. The number of ether oxygens (including phenoxy) is 1. The molecule has 4 rings (SSSR count). The number of hydrogen-bond donors (Lipinski definition) is 1. The van der Waals surface area contributed by atoms with E-state index in [1.807, 2.05) is 30.3 Å². The number of carbonyl (C=O) groups is 2. The maximum Gasteiger partial charge on any atom is 0.302 e. The van der Waals surface area contributed by atoms with E-state index in [0.717, 1.165) is 11.4 Å². The fourth-order valence-corrected chi connectivity index (χ4v) is 3.39. The second kappa shape index (κ2) is 8.69. The predicted molar refractivity (Wildman–Crippen MR) is 112 cm³/mol. The second-order valence-electron chi connectivity index (χ2n) is 6.81. The Morgan fingerprint density at radius 1 is 1.00 bits per heavy atom. The van der Waals surface area contributed by atoms with Gasteiger partial charge in [-0.25, -0.2) is 0 Å². The smallest absolute Gasteiger partial charge is 0.302 e. The van der Waals surface area contributed by atoms with Crippen molar-refractivity contribution in [2.24, 2.45) is 0 Å². The first-order valence-electron chi connectivity index (χ1n) is 9.65. The molecule has 0 spiro atoms. The minimum absolute atomic E-state index is 0.000129. The van der Waals surface area contributed by atoms with Gasteiger partial charge < -0.3 is 19.0 Å². The van der Waals surface area contributed by atoms with E-state index in [2.05, 4.69) is 15.2 Å². The third-order valence-electron chi connectivity index (χ3n) is 4.97. The highest BCUT2D eigenvalue weighted by molar-refractivity contribution is 6.03. The van der Waals surface area contributed by atoms with E-state index in [0.29, 0.717) is 31.7 Å². The Kier molecular flexibility index (Phi) is 5.65. The van der Waals surface area contributed by atoms with Crippen LogP contribution in [0.4, 0.5) is 11.7 Å². The molecular weight excluding hydrogens is 384 g/mol. The van der Waals surface area contributed by atoms with Gasteiger partial charge in [-0.05, 0) is 24.3 Å². The van der Waals surface area contributed by atoms with Crippen LogP contribution in [0.5, 0.6) is 5.75 Å². The molecule has 0 unspecified atom stereocenters. The molecule has 3 aromatic rings. The lowest BCUT2D eigenvalue weighted by Crippen LogP contribution is -2.49. The van der Waals surface area contributed by atoms with Gasteiger partial charge in [-0.15, -0.1) is 0 Å². The molecule has 1 aliphatic heterocycles. The summed E-state index contributed by atoms with van der Waals surface area (Å²) in [5.41, 5.74) is 1.67. The number of nitrogens with one attached hydrogen (secondary N) is 1. The lowest BCUT2D eigenvalue weighted by Gasteiger charge is -2.36. The molecular formula is C22H22N4O4. The Hall–Kier alpha value is -3.81. The first-order valence-corrected chi connectivity index (χ1v) is 9.65. The molecule has 0 radical (unpaired) electrons. The van der Waals surface area contributed by atoms with Gasteiger partial charge in [0.15, 0.2) is 5.69 Å². The van der Waals surface area contributed by atoms with Crippen LogP contribution in [-0.4, -0.2) is 55.0 Å². The van der Waals surface area contributed by atoms with Crippen LogP contribution >= 0.6 is 0 Å². The number of benzene rings is 2. The SMILES string of the molecule is COc1ccccc1N1CCN(C(=O)c2coc(NC(=O)c3ccccc3)n2)CC1. The molecule has 0 atom stereocenters. The van der Waals surface area contributed by atoms with Crippen molar-refractivity contribution in [1.82, 2.24) is 9.88 Å². The zero-order chi connectivity index (χ0) is 20.9. The average molecular weight is 406 g/mol. The highest BCUT2D eigenvalue weighted by Gasteiger charge is 2.26. The van der Waals surface area contributed by atoms with Gasteiger partial charge in [0.05, 0.1) is 12.8 Å². The molecule has 2 amide bonds. The number of aromatic nitrogens is 1. The minimum Gasteiger partial charge on any atom is -0.495 e. The summed E-state index contributed by atoms with van der Waals surface area (Å²) in [6.07, 6.45) is 1.27. The number of piperazine rings is 1. The molecule has 1 N–H and O–H groups in total. The number of nitrogens with zero attached hydrogens (tertiary/aromatic N) is 3. The van der Waals surface area contributed by atoms with Gasteiger partial charge in [0.25, 0.3) is 11.8 Å². The summed E-state index contributed by atoms with van der Waals surface area (Å²) in [7, 11) is 1.65. The molecule has 1 saturated heterocycles. The van der Waals surface area contributed by atoms with Crippen molar-refractivity contribution >= 4 is 23.5 Å². The van der Waals surface area contributed by atoms with E-state index in [1.54, 1.807) is 36.3 Å². The predicted octanol–water partition coefficient (Wildman–Crippen LogP) is 2.90. The number of carbonyl (C=O) groups excluding carboxylic acids is 2. The third kappa shape index (κ3) is 4.12. The number of anilines is 2. The van der Waals surface area contributed by atoms with Crippen LogP contribution in [-0.2, 0) is 0 Å². The maximum atomic E-state index is 12.8. The Labute approximate surface area is 174 Å². The molecule has 2 heterocycles. The summed E-state index contributed by atoms with van der Waals surface area (Å²) in [5, 5.41) is 2.57. The standard InChI is InChI=1S/C22H22N4O4/c1-29-19-10-6-5-9-18(19)25-11-13-26(14-12-25)21(28)17-15-30-22(23-17)24-20(27)16-7-3-2-4-8-16/h2-10,15H,11-14H2,1H3,(H,23,24,27). The highest BCUT2D eigenvalue weighted by atomic mass is 16.5. The van der Waals surface area contributed by atoms with E-state index in [9.17, 15) is 9.59 Å². The first-order chi connectivity index (χ1) is 14.7. The molecule has 8 nitrogen and oxygen atoms in total. The van der Waals surface area contributed by atoms with Gasteiger partial charge >= 0.3 is 6.01 Å². The number of rotatable bonds is 5. The number of hydrogen-bond acceptors (Lipinski definition) is 6. The lowest BCUT2D eigenvalue weighted by molar-refractivity contribution is 0.0740. The molecule has 154 valence electrons. The largest absolute Gasteiger partial charge is 0.495 e. The van der Waals surface area contributed by atoms with Crippen molar-refractivity contribution in [1.29, 1.82) is 0 Å². The van der Waals surface area contributed by atoms with Gasteiger partial charge in [-0.3, -0.25) is 14.9 Å². The summed E-state index contributed by atoms with van der Waals surface area (Å²) in [5.74, 6) is 0.244. The Balaban J connectivity index is 1.36. The van der Waals surface area contributed by atoms with Gasteiger partial charge in [0.1, 0.15) is 12.0 Å². The van der Waals surface area contributed by atoms with Crippen molar-refractivity contribution in [3.8, 4) is 5.75 Å². The zero-order valence-corrected chi connectivity index (χ0v) is 16.6. The molecule has 1 fully saturated rings.